The number of aryl methyl sites for hydroxylation is 1. The molecule has 0 aliphatic heterocycles. The summed E-state index contributed by atoms with van der Waals surface area (Å²) in [6.07, 6.45) is 2.91. The van der Waals surface area contributed by atoms with Crippen LogP contribution in [0.25, 0.3) is 0 Å². The summed E-state index contributed by atoms with van der Waals surface area (Å²) in [6, 6.07) is 7.50. The van der Waals surface area contributed by atoms with Gasteiger partial charge in [0.1, 0.15) is 0 Å². The molecule has 5 heteroatoms. The average molecular weight is 276 g/mol. The second-order valence-electron chi connectivity index (χ2n) is 5.31. The number of carbonyl (C=O) groups excluding carboxylic acids is 1. The summed E-state index contributed by atoms with van der Waals surface area (Å²) in [6.45, 7) is 0. The number of anilines is 1. The van der Waals surface area contributed by atoms with E-state index in [0.29, 0.717) is 31.4 Å². The normalized spacial score (nSPS) is 21.6. The fourth-order valence-electron chi connectivity index (χ4n) is 2.65. The van der Waals surface area contributed by atoms with Gasteiger partial charge in [-0.25, -0.2) is 0 Å². The molecule has 1 fully saturated rings. The van der Waals surface area contributed by atoms with Gasteiger partial charge in [0.15, 0.2) is 0 Å². The number of carboxylic acid groups (broad SMARTS) is 1. The maximum Gasteiger partial charge on any atom is 0.306 e. The largest absolute Gasteiger partial charge is 0.481 e. The number of hydrogen-bond acceptors (Lipinski definition) is 3. The van der Waals surface area contributed by atoms with Gasteiger partial charge in [-0.1, -0.05) is 18.2 Å². The van der Waals surface area contributed by atoms with Crippen LogP contribution in [0.3, 0.4) is 0 Å². The van der Waals surface area contributed by atoms with Crippen molar-refractivity contribution in [3.63, 3.8) is 0 Å². The van der Waals surface area contributed by atoms with Crippen molar-refractivity contribution < 1.29 is 14.7 Å². The minimum Gasteiger partial charge on any atom is -0.481 e. The zero-order chi connectivity index (χ0) is 14.5. The first kappa shape index (κ1) is 14.4. The number of para-hydroxylation sites is 1. The molecule has 1 amide bonds. The summed E-state index contributed by atoms with van der Waals surface area (Å²) in [5.41, 5.74) is 7.50. The molecule has 0 unspecified atom stereocenters. The zero-order valence-corrected chi connectivity index (χ0v) is 11.3. The average Bonchev–Trinajstić information content (AvgIpc) is 2.86. The van der Waals surface area contributed by atoms with Crippen LogP contribution in [0.1, 0.15) is 31.2 Å². The van der Waals surface area contributed by atoms with E-state index in [-0.39, 0.29) is 17.9 Å². The third-order valence-corrected chi connectivity index (χ3v) is 3.82. The summed E-state index contributed by atoms with van der Waals surface area (Å²) in [7, 11) is 0. The van der Waals surface area contributed by atoms with Crippen molar-refractivity contribution in [1.29, 1.82) is 0 Å². The van der Waals surface area contributed by atoms with Crippen molar-refractivity contribution in [3.8, 4) is 0 Å². The first-order valence-electron chi connectivity index (χ1n) is 6.92. The Morgan fingerprint density at radius 3 is 2.70 bits per heavy atom. The third-order valence-electron chi connectivity index (χ3n) is 3.82. The predicted molar refractivity (Wildman–Crippen MR) is 76.1 cm³/mol. The Morgan fingerprint density at radius 2 is 2.05 bits per heavy atom. The highest BCUT2D eigenvalue weighted by molar-refractivity contribution is 5.77. The van der Waals surface area contributed by atoms with Crippen LogP contribution in [0.4, 0.5) is 5.69 Å². The van der Waals surface area contributed by atoms with E-state index in [4.69, 9.17) is 10.8 Å². The van der Waals surface area contributed by atoms with Crippen LogP contribution >= 0.6 is 0 Å². The number of carboxylic acids is 1. The maximum absolute atomic E-state index is 11.9. The monoisotopic (exact) mass is 276 g/mol. The van der Waals surface area contributed by atoms with Crippen LogP contribution in [0.2, 0.25) is 0 Å². The molecule has 1 aliphatic rings. The fourth-order valence-corrected chi connectivity index (χ4v) is 2.65. The molecular weight excluding hydrogens is 256 g/mol. The van der Waals surface area contributed by atoms with Gasteiger partial charge in [-0.15, -0.1) is 0 Å². The second kappa shape index (κ2) is 6.41. The molecule has 20 heavy (non-hydrogen) atoms. The standard InChI is InChI=1S/C15H20N2O3/c16-13-4-2-1-3-10(13)6-8-14(18)17-12-7-5-11(9-12)15(19)20/h1-4,11-12H,5-9,16H2,(H,17,18)(H,19,20)/t11-,12+/m1/s1. The third kappa shape index (κ3) is 3.73. The molecule has 108 valence electrons. The van der Waals surface area contributed by atoms with Gasteiger partial charge in [0.05, 0.1) is 5.92 Å². The van der Waals surface area contributed by atoms with Crippen LogP contribution in [-0.2, 0) is 16.0 Å². The lowest BCUT2D eigenvalue weighted by Crippen LogP contribution is -2.33. The summed E-state index contributed by atoms with van der Waals surface area (Å²) < 4.78 is 0. The minimum absolute atomic E-state index is 0.00304. The fraction of sp³-hybridized carbons (Fsp3) is 0.467. The molecule has 0 radical (unpaired) electrons. The SMILES string of the molecule is Nc1ccccc1CCC(=O)N[C@H]1CC[C@@H](C(=O)O)C1. The van der Waals surface area contributed by atoms with E-state index >= 15 is 0 Å². The zero-order valence-electron chi connectivity index (χ0n) is 11.3. The summed E-state index contributed by atoms with van der Waals surface area (Å²) in [5, 5.41) is 11.8. The Morgan fingerprint density at radius 1 is 1.30 bits per heavy atom. The van der Waals surface area contributed by atoms with Gasteiger partial charge in [-0.2, -0.15) is 0 Å². The molecule has 1 aromatic rings. The number of carbonyl (C=O) groups is 2. The van der Waals surface area contributed by atoms with Gasteiger partial charge in [0.25, 0.3) is 0 Å². The Balaban J connectivity index is 1.77. The summed E-state index contributed by atoms with van der Waals surface area (Å²) in [4.78, 5) is 22.7. The molecule has 0 saturated heterocycles. The van der Waals surface area contributed by atoms with Gasteiger partial charge >= 0.3 is 5.97 Å². The van der Waals surface area contributed by atoms with Gasteiger partial charge in [0, 0.05) is 18.2 Å². The van der Waals surface area contributed by atoms with E-state index in [0.717, 1.165) is 12.0 Å². The summed E-state index contributed by atoms with van der Waals surface area (Å²) >= 11 is 0. The van der Waals surface area contributed by atoms with Crippen molar-refractivity contribution in [1.82, 2.24) is 5.32 Å². The number of nitrogens with two attached hydrogens (primary N) is 1. The highest BCUT2D eigenvalue weighted by atomic mass is 16.4. The van der Waals surface area contributed by atoms with Crippen LogP contribution in [-0.4, -0.2) is 23.0 Å². The van der Waals surface area contributed by atoms with Crippen molar-refractivity contribution >= 4 is 17.6 Å². The van der Waals surface area contributed by atoms with Crippen molar-refractivity contribution in [2.45, 2.75) is 38.1 Å². The van der Waals surface area contributed by atoms with E-state index in [1.54, 1.807) is 0 Å². The molecule has 4 N–H and O–H groups in total. The maximum atomic E-state index is 11.9. The molecule has 1 aromatic carbocycles. The number of aliphatic carboxylic acids is 1. The van der Waals surface area contributed by atoms with Crippen LogP contribution in [0, 0.1) is 5.92 Å². The molecule has 2 atom stereocenters. The summed E-state index contributed by atoms with van der Waals surface area (Å²) in [5.74, 6) is -1.12. The molecule has 5 nitrogen and oxygen atoms in total. The number of amides is 1. The predicted octanol–water partition coefficient (Wildman–Crippen LogP) is 1.57. The van der Waals surface area contributed by atoms with Crippen molar-refractivity contribution in [2.75, 3.05) is 5.73 Å². The Hall–Kier alpha value is -2.04. The lowest BCUT2D eigenvalue weighted by Gasteiger charge is -2.12. The van der Waals surface area contributed by atoms with E-state index in [1.807, 2.05) is 24.3 Å². The Bertz CT molecular complexity index is 502. The van der Waals surface area contributed by atoms with Crippen molar-refractivity contribution in [3.05, 3.63) is 29.8 Å². The first-order chi connectivity index (χ1) is 9.56. The smallest absolute Gasteiger partial charge is 0.306 e. The first-order valence-corrected chi connectivity index (χ1v) is 6.92. The van der Waals surface area contributed by atoms with E-state index in [1.165, 1.54) is 0 Å². The number of benzene rings is 1. The second-order valence-corrected chi connectivity index (χ2v) is 5.31. The molecule has 1 aliphatic carbocycles. The molecule has 0 aromatic heterocycles. The van der Waals surface area contributed by atoms with Gasteiger partial charge in [-0.05, 0) is 37.3 Å². The highest BCUT2D eigenvalue weighted by Gasteiger charge is 2.30. The van der Waals surface area contributed by atoms with E-state index in [9.17, 15) is 9.59 Å². The Kier molecular flexibility index (Phi) is 4.61. The molecule has 2 rings (SSSR count). The molecule has 1 saturated carbocycles. The molecule has 0 heterocycles. The van der Waals surface area contributed by atoms with E-state index < -0.39 is 5.97 Å². The lowest BCUT2D eigenvalue weighted by atomic mass is 10.1. The van der Waals surface area contributed by atoms with Crippen LogP contribution < -0.4 is 11.1 Å². The van der Waals surface area contributed by atoms with Crippen LogP contribution in [0.15, 0.2) is 24.3 Å². The van der Waals surface area contributed by atoms with Gasteiger partial charge in [-0.3, -0.25) is 9.59 Å². The van der Waals surface area contributed by atoms with Crippen LogP contribution in [0.5, 0.6) is 0 Å². The highest BCUT2D eigenvalue weighted by Crippen LogP contribution is 2.25. The number of nitrogen functional groups attached to an aromatic ring is 1. The molecule has 0 bridgehead atoms. The van der Waals surface area contributed by atoms with Gasteiger partial charge < -0.3 is 16.2 Å². The molecular formula is C15H20N2O3. The van der Waals surface area contributed by atoms with Crippen molar-refractivity contribution in [2.24, 2.45) is 5.92 Å². The Labute approximate surface area is 118 Å². The van der Waals surface area contributed by atoms with E-state index in [2.05, 4.69) is 5.32 Å². The van der Waals surface area contributed by atoms with Gasteiger partial charge in [0.2, 0.25) is 5.91 Å². The topological polar surface area (TPSA) is 92.4 Å². The number of nitrogens with one attached hydrogen (secondary N) is 1. The number of hydrogen-bond donors (Lipinski definition) is 3. The minimum atomic E-state index is -0.765. The lowest BCUT2D eigenvalue weighted by molar-refractivity contribution is -0.141. The number of rotatable bonds is 5. The quantitative estimate of drug-likeness (QED) is 0.712. The molecule has 0 spiro atoms.